The van der Waals surface area contributed by atoms with Crippen molar-refractivity contribution in [1.29, 1.82) is 0 Å². The average molecular weight is 263 g/mol. The van der Waals surface area contributed by atoms with Crippen LogP contribution in [-0.4, -0.2) is 18.7 Å². The van der Waals surface area contributed by atoms with Crippen molar-refractivity contribution < 1.29 is 14.3 Å². The van der Waals surface area contributed by atoms with Crippen LogP contribution in [0.2, 0.25) is 0 Å². The molecule has 0 radical (unpaired) electrons. The van der Waals surface area contributed by atoms with Gasteiger partial charge in [-0.3, -0.25) is 0 Å². The standard InChI is InChI=1S/C15H21NO3/c1-3-18-15(17)10(2)19-14-9-5-6-11-12(14)7-4-8-13(11)16/h5-6,9-10,13H,3-4,7-8,16H2,1-2H3. The minimum Gasteiger partial charge on any atom is -0.479 e. The monoisotopic (exact) mass is 263 g/mol. The highest BCUT2D eigenvalue weighted by Crippen LogP contribution is 2.34. The predicted octanol–water partition coefficient (Wildman–Crippen LogP) is 2.35. The molecule has 0 bridgehead atoms. The lowest BCUT2D eigenvalue weighted by Gasteiger charge is -2.25. The molecule has 4 nitrogen and oxygen atoms in total. The Morgan fingerprint density at radius 3 is 3.05 bits per heavy atom. The zero-order valence-corrected chi connectivity index (χ0v) is 11.5. The highest BCUT2D eigenvalue weighted by molar-refractivity contribution is 5.74. The van der Waals surface area contributed by atoms with Crippen molar-refractivity contribution >= 4 is 5.97 Å². The number of nitrogens with two attached hydrogens (primary N) is 1. The first kappa shape index (κ1) is 13.9. The molecule has 2 N–H and O–H groups in total. The number of hydrogen-bond acceptors (Lipinski definition) is 4. The Labute approximate surface area is 113 Å². The second-order valence-corrected chi connectivity index (χ2v) is 4.83. The third-order valence-electron chi connectivity index (χ3n) is 3.43. The van der Waals surface area contributed by atoms with E-state index in [-0.39, 0.29) is 12.0 Å². The largest absolute Gasteiger partial charge is 0.479 e. The second kappa shape index (κ2) is 6.06. The zero-order chi connectivity index (χ0) is 13.8. The summed E-state index contributed by atoms with van der Waals surface area (Å²) in [4.78, 5) is 11.6. The van der Waals surface area contributed by atoms with E-state index in [2.05, 4.69) is 0 Å². The molecule has 0 aliphatic heterocycles. The van der Waals surface area contributed by atoms with Crippen LogP contribution in [0, 0.1) is 0 Å². The van der Waals surface area contributed by atoms with Crippen molar-refractivity contribution in [2.24, 2.45) is 5.73 Å². The van der Waals surface area contributed by atoms with Gasteiger partial charge in [0.1, 0.15) is 5.75 Å². The van der Waals surface area contributed by atoms with Gasteiger partial charge in [0.2, 0.25) is 0 Å². The van der Waals surface area contributed by atoms with Crippen molar-refractivity contribution in [2.45, 2.75) is 45.3 Å². The third-order valence-corrected chi connectivity index (χ3v) is 3.43. The van der Waals surface area contributed by atoms with Crippen molar-refractivity contribution in [3.63, 3.8) is 0 Å². The third kappa shape index (κ3) is 3.07. The molecule has 0 fully saturated rings. The summed E-state index contributed by atoms with van der Waals surface area (Å²) in [6.45, 7) is 3.86. The molecule has 0 saturated carbocycles. The Morgan fingerprint density at radius 1 is 1.53 bits per heavy atom. The van der Waals surface area contributed by atoms with Gasteiger partial charge in [0.15, 0.2) is 6.10 Å². The summed E-state index contributed by atoms with van der Waals surface area (Å²) in [5.74, 6) is 0.424. The molecular formula is C15H21NO3. The van der Waals surface area contributed by atoms with Crippen LogP contribution in [0.4, 0.5) is 0 Å². The molecule has 0 heterocycles. The molecule has 0 saturated heterocycles. The van der Waals surface area contributed by atoms with E-state index < -0.39 is 6.10 Å². The lowest BCUT2D eigenvalue weighted by molar-refractivity contribution is -0.150. The summed E-state index contributed by atoms with van der Waals surface area (Å²) in [6.07, 6.45) is 2.42. The van der Waals surface area contributed by atoms with Crippen molar-refractivity contribution in [3.05, 3.63) is 29.3 Å². The van der Waals surface area contributed by atoms with E-state index in [0.717, 1.165) is 36.1 Å². The van der Waals surface area contributed by atoms with Crippen LogP contribution >= 0.6 is 0 Å². The van der Waals surface area contributed by atoms with Gasteiger partial charge in [-0.15, -0.1) is 0 Å². The van der Waals surface area contributed by atoms with Crippen LogP contribution in [0.3, 0.4) is 0 Å². The minimum absolute atomic E-state index is 0.0743. The van der Waals surface area contributed by atoms with Crippen LogP contribution in [0.25, 0.3) is 0 Å². The number of ether oxygens (including phenoxy) is 2. The van der Waals surface area contributed by atoms with Gasteiger partial charge in [0.25, 0.3) is 0 Å². The maximum atomic E-state index is 11.6. The van der Waals surface area contributed by atoms with Gasteiger partial charge in [-0.1, -0.05) is 12.1 Å². The molecule has 2 unspecified atom stereocenters. The first-order valence-corrected chi connectivity index (χ1v) is 6.84. The molecule has 1 aromatic carbocycles. The number of esters is 1. The minimum atomic E-state index is -0.593. The summed E-state index contributed by atoms with van der Waals surface area (Å²) in [5, 5.41) is 0. The molecular weight excluding hydrogens is 242 g/mol. The van der Waals surface area contributed by atoms with E-state index >= 15 is 0 Å². The molecule has 1 aliphatic carbocycles. The highest BCUT2D eigenvalue weighted by Gasteiger charge is 2.22. The number of carbonyl (C=O) groups excluding carboxylic acids is 1. The van der Waals surface area contributed by atoms with Crippen LogP contribution in [0.5, 0.6) is 5.75 Å². The molecule has 4 heteroatoms. The van der Waals surface area contributed by atoms with Gasteiger partial charge >= 0.3 is 5.97 Å². The molecule has 2 atom stereocenters. The maximum absolute atomic E-state index is 11.6. The van der Waals surface area contributed by atoms with Crippen molar-refractivity contribution in [3.8, 4) is 5.75 Å². The first-order valence-electron chi connectivity index (χ1n) is 6.84. The van der Waals surface area contributed by atoms with Crippen LogP contribution in [0.1, 0.15) is 43.9 Å². The fourth-order valence-electron chi connectivity index (χ4n) is 2.46. The fraction of sp³-hybridized carbons (Fsp3) is 0.533. The van der Waals surface area contributed by atoms with Gasteiger partial charge in [0, 0.05) is 6.04 Å². The zero-order valence-electron chi connectivity index (χ0n) is 11.5. The molecule has 0 aromatic heterocycles. The molecule has 0 amide bonds. The summed E-state index contributed by atoms with van der Waals surface area (Å²) in [7, 11) is 0. The van der Waals surface area contributed by atoms with Gasteiger partial charge < -0.3 is 15.2 Å². The molecule has 1 aromatic rings. The van der Waals surface area contributed by atoms with E-state index in [1.165, 1.54) is 0 Å². The summed E-state index contributed by atoms with van der Waals surface area (Å²) < 4.78 is 10.7. The van der Waals surface area contributed by atoms with Crippen LogP contribution < -0.4 is 10.5 Å². The van der Waals surface area contributed by atoms with Crippen LogP contribution in [0.15, 0.2) is 18.2 Å². The summed E-state index contributed by atoms with van der Waals surface area (Å²) >= 11 is 0. The van der Waals surface area contributed by atoms with E-state index in [1.54, 1.807) is 13.8 Å². The number of rotatable bonds is 4. The summed E-state index contributed by atoms with van der Waals surface area (Å²) in [6, 6.07) is 5.94. The van der Waals surface area contributed by atoms with E-state index in [0.29, 0.717) is 6.61 Å². The predicted molar refractivity (Wildman–Crippen MR) is 73.0 cm³/mol. The SMILES string of the molecule is CCOC(=O)C(C)Oc1cccc2c1CCCC2N. The molecule has 1 aliphatic rings. The number of fused-ring (bicyclic) bond motifs is 1. The van der Waals surface area contributed by atoms with Crippen LogP contribution in [-0.2, 0) is 16.0 Å². The molecule has 19 heavy (non-hydrogen) atoms. The molecule has 2 rings (SSSR count). The van der Waals surface area contributed by atoms with Crippen molar-refractivity contribution in [1.82, 2.24) is 0 Å². The van der Waals surface area contributed by atoms with Gasteiger partial charge in [-0.05, 0) is 50.3 Å². The Hall–Kier alpha value is -1.55. The lowest BCUT2D eigenvalue weighted by atomic mass is 9.87. The second-order valence-electron chi connectivity index (χ2n) is 4.83. The average Bonchev–Trinajstić information content (AvgIpc) is 2.40. The Morgan fingerprint density at radius 2 is 2.32 bits per heavy atom. The van der Waals surface area contributed by atoms with E-state index in [4.69, 9.17) is 15.2 Å². The van der Waals surface area contributed by atoms with Gasteiger partial charge in [0.05, 0.1) is 6.61 Å². The van der Waals surface area contributed by atoms with Gasteiger partial charge in [-0.2, -0.15) is 0 Å². The quantitative estimate of drug-likeness (QED) is 0.847. The number of carbonyl (C=O) groups is 1. The normalized spacial score (nSPS) is 19.4. The van der Waals surface area contributed by atoms with E-state index in [1.807, 2.05) is 18.2 Å². The smallest absolute Gasteiger partial charge is 0.347 e. The number of hydrogen-bond donors (Lipinski definition) is 1. The van der Waals surface area contributed by atoms with Crippen molar-refractivity contribution in [2.75, 3.05) is 6.61 Å². The summed E-state index contributed by atoms with van der Waals surface area (Å²) in [5.41, 5.74) is 8.38. The lowest BCUT2D eigenvalue weighted by Crippen LogP contribution is -2.27. The van der Waals surface area contributed by atoms with Gasteiger partial charge in [-0.25, -0.2) is 4.79 Å². The topological polar surface area (TPSA) is 61.5 Å². The Bertz CT molecular complexity index is 459. The molecule has 0 spiro atoms. The molecule has 104 valence electrons. The fourth-order valence-corrected chi connectivity index (χ4v) is 2.46. The van der Waals surface area contributed by atoms with E-state index in [9.17, 15) is 4.79 Å². The number of benzene rings is 1. The first-order chi connectivity index (χ1) is 9.13. The maximum Gasteiger partial charge on any atom is 0.347 e. The highest BCUT2D eigenvalue weighted by atomic mass is 16.6. The Kier molecular flexibility index (Phi) is 4.43. The Balaban J connectivity index is 2.17.